The highest BCUT2D eigenvalue weighted by molar-refractivity contribution is 5.73. The van der Waals surface area contributed by atoms with Crippen molar-refractivity contribution in [1.29, 1.82) is 0 Å². The van der Waals surface area contributed by atoms with E-state index in [0.29, 0.717) is 6.54 Å². The van der Waals surface area contributed by atoms with Gasteiger partial charge in [-0.25, -0.2) is 4.98 Å². The molecule has 0 fully saturated rings. The van der Waals surface area contributed by atoms with Crippen molar-refractivity contribution in [2.24, 2.45) is 0 Å². The zero-order valence-corrected chi connectivity index (χ0v) is 10.4. The lowest BCUT2D eigenvalue weighted by molar-refractivity contribution is -0.139. The number of nitrogens with zero attached hydrogens (tertiary/aromatic N) is 2. The van der Waals surface area contributed by atoms with E-state index in [9.17, 15) is 4.79 Å². The molecule has 0 aromatic carbocycles. The Bertz CT molecular complexity index is 426. The molecule has 1 aromatic heterocycles. The number of aromatic nitrogens is 2. The van der Waals surface area contributed by atoms with E-state index in [0.717, 1.165) is 24.4 Å². The Balaban J connectivity index is 2.25. The summed E-state index contributed by atoms with van der Waals surface area (Å²) in [6, 6.07) is -0.547. The molecule has 1 atom stereocenters. The predicted molar refractivity (Wildman–Crippen MR) is 64.1 cm³/mol. The molecule has 0 amide bonds. The molecule has 1 aliphatic rings. The van der Waals surface area contributed by atoms with Crippen LogP contribution in [0.5, 0.6) is 0 Å². The van der Waals surface area contributed by atoms with Gasteiger partial charge in [-0.05, 0) is 39.7 Å². The van der Waals surface area contributed by atoms with Crippen molar-refractivity contribution < 1.29 is 9.90 Å². The lowest BCUT2D eigenvalue weighted by Gasteiger charge is -2.18. The number of aliphatic carboxylic acids is 1. The highest BCUT2D eigenvalue weighted by Crippen LogP contribution is 2.22. The van der Waals surface area contributed by atoms with Crippen LogP contribution in [0.15, 0.2) is 0 Å². The number of nitrogens with one attached hydrogen (secondary N) is 1. The third kappa shape index (κ3) is 2.34. The molecule has 0 saturated heterocycles. The molecule has 1 aromatic rings. The molecule has 0 saturated carbocycles. The van der Waals surface area contributed by atoms with Crippen LogP contribution in [-0.2, 0) is 24.2 Å². The predicted octanol–water partition coefficient (Wildman–Crippen LogP) is 0.743. The Labute approximate surface area is 101 Å². The fourth-order valence-corrected chi connectivity index (χ4v) is 2.45. The molecule has 1 heterocycles. The number of carboxylic acids is 1. The van der Waals surface area contributed by atoms with Gasteiger partial charge >= 0.3 is 5.97 Å². The van der Waals surface area contributed by atoms with Crippen molar-refractivity contribution in [3.8, 4) is 0 Å². The van der Waals surface area contributed by atoms with E-state index < -0.39 is 12.0 Å². The average molecular weight is 237 g/mol. The van der Waals surface area contributed by atoms with Crippen LogP contribution in [0.25, 0.3) is 0 Å². The van der Waals surface area contributed by atoms with Crippen LogP contribution in [0.3, 0.4) is 0 Å². The standard InChI is InChI=1S/C12H19N3O2/c1-8-14-9-5-3-4-6-11(9)15(8)7-10(13-2)12(16)17/h10,13H,3-7H2,1-2H3,(H,16,17). The second kappa shape index (κ2) is 4.87. The largest absolute Gasteiger partial charge is 0.480 e. The van der Waals surface area contributed by atoms with Crippen LogP contribution >= 0.6 is 0 Å². The van der Waals surface area contributed by atoms with Crippen LogP contribution in [0.1, 0.15) is 30.1 Å². The molecule has 0 aliphatic heterocycles. The summed E-state index contributed by atoms with van der Waals surface area (Å²) in [6.07, 6.45) is 4.42. The quantitative estimate of drug-likeness (QED) is 0.810. The summed E-state index contributed by atoms with van der Waals surface area (Å²) in [4.78, 5) is 15.6. The fraction of sp³-hybridized carbons (Fsp3) is 0.667. The SMILES string of the molecule is CNC(Cn1c(C)nc2c1CCCC2)C(=O)O. The van der Waals surface area contributed by atoms with Crippen LogP contribution in [0.4, 0.5) is 0 Å². The summed E-state index contributed by atoms with van der Waals surface area (Å²) < 4.78 is 2.06. The first kappa shape index (κ1) is 12.1. The number of aryl methyl sites for hydroxylation is 2. The van der Waals surface area contributed by atoms with Crippen molar-refractivity contribution in [2.75, 3.05) is 7.05 Å². The number of imidazole rings is 1. The maximum atomic E-state index is 11.0. The van der Waals surface area contributed by atoms with Crippen LogP contribution in [0, 0.1) is 6.92 Å². The summed E-state index contributed by atoms with van der Waals surface area (Å²) in [6.45, 7) is 2.41. The molecular formula is C12H19N3O2. The minimum absolute atomic E-state index is 0.458. The van der Waals surface area contributed by atoms with Gasteiger partial charge in [0.1, 0.15) is 11.9 Å². The summed E-state index contributed by atoms with van der Waals surface area (Å²) in [5.74, 6) is 0.114. The first-order valence-corrected chi connectivity index (χ1v) is 6.08. The minimum Gasteiger partial charge on any atom is -0.480 e. The van der Waals surface area contributed by atoms with E-state index in [1.54, 1.807) is 7.05 Å². The van der Waals surface area contributed by atoms with Gasteiger partial charge in [0.25, 0.3) is 0 Å². The van der Waals surface area contributed by atoms with Gasteiger partial charge < -0.3 is 15.0 Å². The van der Waals surface area contributed by atoms with E-state index in [2.05, 4.69) is 14.9 Å². The lowest BCUT2D eigenvalue weighted by Crippen LogP contribution is -2.38. The molecule has 0 radical (unpaired) electrons. The molecule has 2 N–H and O–H groups in total. The first-order chi connectivity index (χ1) is 8.13. The van der Waals surface area contributed by atoms with Crippen LogP contribution < -0.4 is 5.32 Å². The zero-order chi connectivity index (χ0) is 12.4. The van der Waals surface area contributed by atoms with E-state index in [-0.39, 0.29) is 0 Å². The zero-order valence-electron chi connectivity index (χ0n) is 10.4. The van der Waals surface area contributed by atoms with Crippen molar-refractivity contribution >= 4 is 5.97 Å². The maximum Gasteiger partial charge on any atom is 0.322 e. The Morgan fingerprint density at radius 3 is 2.88 bits per heavy atom. The highest BCUT2D eigenvalue weighted by atomic mass is 16.4. The molecule has 1 aliphatic carbocycles. The van der Waals surface area contributed by atoms with Gasteiger partial charge in [-0.15, -0.1) is 0 Å². The Morgan fingerprint density at radius 2 is 2.24 bits per heavy atom. The summed E-state index contributed by atoms with van der Waals surface area (Å²) >= 11 is 0. The fourth-order valence-electron chi connectivity index (χ4n) is 2.45. The number of carboxylic acid groups (broad SMARTS) is 1. The van der Waals surface area contributed by atoms with E-state index in [1.165, 1.54) is 18.5 Å². The van der Waals surface area contributed by atoms with Crippen molar-refractivity contribution in [3.05, 3.63) is 17.2 Å². The second-order valence-electron chi connectivity index (χ2n) is 4.55. The molecule has 5 nitrogen and oxygen atoms in total. The van der Waals surface area contributed by atoms with Crippen molar-refractivity contribution in [1.82, 2.24) is 14.9 Å². The highest BCUT2D eigenvalue weighted by Gasteiger charge is 2.22. The number of likely N-dealkylation sites (N-methyl/N-ethyl adjacent to an activating group) is 1. The lowest BCUT2D eigenvalue weighted by atomic mass is 10.0. The van der Waals surface area contributed by atoms with Crippen LogP contribution in [0.2, 0.25) is 0 Å². The second-order valence-corrected chi connectivity index (χ2v) is 4.55. The molecule has 2 rings (SSSR count). The number of hydrogen-bond donors (Lipinski definition) is 2. The summed E-state index contributed by atoms with van der Waals surface area (Å²) in [7, 11) is 1.68. The molecule has 0 spiro atoms. The number of rotatable bonds is 4. The smallest absolute Gasteiger partial charge is 0.322 e. The van der Waals surface area contributed by atoms with Gasteiger partial charge in [-0.2, -0.15) is 0 Å². The van der Waals surface area contributed by atoms with Crippen molar-refractivity contribution in [3.63, 3.8) is 0 Å². The normalized spacial score (nSPS) is 16.6. The molecule has 94 valence electrons. The van der Waals surface area contributed by atoms with Gasteiger partial charge in [-0.1, -0.05) is 0 Å². The summed E-state index contributed by atoms with van der Waals surface area (Å²) in [5.41, 5.74) is 2.39. The van der Waals surface area contributed by atoms with Crippen LogP contribution in [-0.4, -0.2) is 33.7 Å². The average Bonchev–Trinajstić information content (AvgIpc) is 2.61. The molecular weight excluding hydrogens is 218 g/mol. The molecule has 0 bridgehead atoms. The summed E-state index contributed by atoms with van der Waals surface area (Å²) in [5, 5.41) is 11.9. The maximum absolute atomic E-state index is 11.0. The topological polar surface area (TPSA) is 67.2 Å². The van der Waals surface area contributed by atoms with Gasteiger partial charge in [-0.3, -0.25) is 4.79 Å². The number of fused-ring (bicyclic) bond motifs is 1. The van der Waals surface area contributed by atoms with Gasteiger partial charge in [0.2, 0.25) is 0 Å². The molecule has 1 unspecified atom stereocenters. The van der Waals surface area contributed by atoms with Gasteiger partial charge in [0.05, 0.1) is 12.2 Å². The number of carbonyl (C=O) groups is 1. The Kier molecular flexibility index (Phi) is 3.47. The first-order valence-electron chi connectivity index (χ1n) is 6.08. The van der Waals surface area contributed by atoms with E-state index in [1.807, 2.05) is 6.92 Å². The van der Waals surface area contributed by atoms with E-state index in [4.69, 9.17) is 5.11 Å². The minimum atomic E-state index is -0.815. The Hall–Kier alpha value is -1.36. The van der Waals surface area contributed by atoms with E-state index >= 15 is 0 Å². The van der Waals surface area contributed by atoms with Crippen molar-refractivity contribution in [2.45, 2.75) is 45.2 Å². The third-order valence-electron chi connectivity index (χ3n) is 3.44. The third-order valence-corrected chi connectivity index (χ3v) is 3.44. The monoisotopic (exact) mass is 237 g/mol. The molecule has 17 heavy (non-hydrogen) atoms. The number of hydrogen-bond acceptors (Lipinski definition) is 3. The Morgan fingerprint density at radius 1 is 1.53 bits per heavy atom. The molecule has 5 heteroatoms. The van der Waals surface area contributed by atoms with Gasteiger partial charge in [0, 0.05) is 5.69 Å². The van der Waals surface area contributed by atoms with Gasteiger partial charge in [0.15, 0.2) is 0 Å².